The van der Waals surface area contributed by atoms with E-state index >= 15 is 0 Å². The van der Waals surface area contributed by atoms with Crippen LogP contribution in [0.15, 0.2) is 40.8 Å². The van der Waals surface area contributed by atoms with Crippen molar-refractivity contribution in [3.8, 4) is 0 Å². The van der Waals surface area contributed by atoms with Crippen LogP contribution in [0.25, 0.3) is 11.0 Å². The van der Waals surface area contributed by atoms with Gasteiger partial charge in [0.05, 0.1) is 22.8 Å². The van der Waals surface area contributed by atoms with E-state index < -0.39 is 0 Å². The van der Waals surface area contributed by atoms with E-state index in [0.717, 1.165) is 34.8 Å². The zero-order chi connectivity index (χ0) is 17.8. The number of imidazole rings is 1. The summed E-state index contributed by atoms with van der Waals surface area (Å²) in [5, 5.41) is 3.06. The first-order valence-corrected chi connectivity index (χ1v) is 9.79. The lowest BCUT2D eigenvalue weighted by molar-refractivity contribution is 0.0900. The monoisotopic (exact) mass is 357 g/mol. The van der Waals surface area contributed by atoms with Gasteiger partial charge in [0.2, 0.25) is 0 Å². The van der Waals surface area contributed by atoms with Gasteiger partial charge in [-0.1, -0.05) is 26.0 Å². The molecule has 1 atom stereocenters. The van der Waals surface area contributed by atoms with Crippen molar-refractivity contribution in [3.05, 3.63) is 53.7 Å². The molecule has 0 saturated heterocycles. The van der Waals surface area contributed by atoms with Crippen molar-refractivity contribution in [2.75, 3.05) is 6.26 Å². The van der Waals surface area contributed by atoms with Crippen molar-refractivity contribution in [1.29, 1.82) is 0 Å². The van der Waals surface area contributed by atoms with Crippen LogP contribution in [0.3, 0.4) is 0 Å². The first-order chi connectivity index (χ1) is 12.1. The van der Waals surface area contributed by atoms with Crippen molar-refractivity contribution < 1.29 is 9.21 Å². The highest BCUT2D eigenvalue weighted by molar-refractivity contribution is 7.97. The lowest BCUT2D eigenvalue weighted by Crippen LogP contribution is -2.30. The predicted octanol–water partition coefficient (Wildman–Crippen LogP) is 4.54. The van der Waals surface area contributed by atoms with Crippen LogP contribution in [0, 0.1) is 5.92 Å². The van der Waals surface area contributed by atoms with Crippen molar-refractivity contribution in [1.82, 2.24) is 15.3 Å². The highest BCUT2D eigenvalue weighted by Gasteiger charge is 2.22. The van der Waals surface area contributed by atoms with E-state index in [1.54, 1.807) is 17.8 Å². The molecule has 6 heteroatoms. The fourth-order valence-corrected chi connectivity index (χ4v) is 3.24. The number of H-pyrrole nitrogens is 1. The van der Waals surface area contributed by atoms with Gasteiger partial charge < -0.3 is 14.7 Å². The lowest BCUT2D eigenvalue weighted by Gasteiger charge is -2.18. The van der Waals surface area contributed by atoms with E-state index in [1.807, 2.05) is 36.6 Å². The number of thioether (sulfide) groups is 1. The number of carbonyl (C=O) groups excluding carboxylic acids is 1. The van der Waals surface area contributed by atoms with Crippen molar-refractivity contribution in [2.45, 2.75) is 32.1 Å². The summed E-state index contributed by atoms with van der Waals surface area (Å²) < 4.78 is 5.62. The van der Waals surface area contributed by atoms with E-state index in [9.17, 15) is 4.79 Å². The van der Waals surface area contributed by atoms with Crippen molar-refractivity contribution >= 4 is 28.7 Å². The SMILES string of the molecule is CSCc1ccc(C(=O)N[C@H](CC(C)C)c2nc3ccccc3[nH]2)o1. The summed E-state index contributed by atoms with van der Waals surface area (Å²) >= 11 is 1.66. The molecule has 0 aliphatic carbocycles. The summed E-state index contributed by atoms with van der Waals surface area (Å²) in [6, 6.07) is 11.3. The summed E-state index contributed by atoms with van der Waals surface area (Å²) in [6.07, 6.45) is 2.80. The standard InChI is InChI=1S/C19H23N3O2S/c1-12(2)10-16(18-20-14-6-4-5-7-15(14)21-18)22-19(23)17-9-8-13(24-17)11-25-3/h4-9,12,16H,10-11H2,1-3H3,(H,20,21)(H,22,23)/t16-/m1/s1. The van der Waals surface area contributed by atoms with Gasteiger partial charge in [-0.2, -0.15) is 11.8 Å². The number of rotatable bonds is 7. The zero-order valence-electron chi connectivity index (χ0n) is 14.7. The molecule has 0 aliphatic heterocycles. The summed E-state index contributed by atoms with van der Waals surface area (Å²) in [4.78, 5) is 20.6. The number of fused-ring (bicyclic) bond motifs is 1. The first-order valence-electron chi connectivity index (χ1n) is 8.40. The third-order valence-electron chi connectivity index (χ3n) is 3.92. The number of aromatic nitrogens is 2. The maximum atomic E-state index is 12.6. The molecular weight excluding hydrogens is 334 g/mol. The number of aromatic amines is 1. The van der Waals surface area contributed by atoms with Crippen LogP contribution in [-0.2, 0) is 5.75 Å². The fraction of sp³-hybridized carbons (Fsp3) is 0.368. The highest BCUT2D eigenvalue weighted by Crippen LogP contribution is 2.23. The third-order valence-corrected chi connectivity index (χ3v) is 4.50. The molecule has 1 amide bonds. The molecule has 132 valence electrons. The Hall–Kier alpha value is -2.21. The van der Waals surface area contributed by atoms with Crippen LogP contribution in [0.1, 0.15) is 48.4 Å². The molecule has 0 saturated carbocycles. The van der Waals surface area contributed by atoms with E-state index in [2.05, 4.69) is 29.1 Å². The Labute approximate surface area is 151 Å². The van der Waals surface area contributed by atoms with Gasteiger partial charge in [-0.05, 0) is 42.9 Å². The minimum atomic E-state index is -0.210. The van der Waals surface area contributed by atoms with Gasteiger partial charge in [-0.3, -0.25) is 4.79 Å². The second kappa shape index (κ2) is 7.78. The molecule has 3 aromatic rings. The molecule has 0 aliphatic rings. The average molecular weight is 357 g/mol. The Balaban J connectivity index is 1.81. The molecule has 5 nitrogen and oxygen atoms in total. The Bertz CT molecular complexity index is 820. The minimum absolute atomic E-state index is 0.186. The number of benzene rings is 1. The van der Waals surface area contributed by atoms with Crippen LogP contribution in [-0.4, -0.2) is 22.1 Å². The number of para-hydroxylation sites is 2. The number of nitrogens with zero attached hydrogens (tertiary/aromatic N) is 1. The van der Waals surface area contributed by atoms with Crippen LogP contribution < -0.4 is 5.32 Å². The second-order valence-corrected chi connectivity index (χ2v) is 7.36. The Morgan fingerprint density at radius 3 is 2.80 bits per heavy atom. The molecule has 0 spiro atoms. The van der Waals surface area contributed by atoms with E-state index in [4.69, 9.17) is 4.42 Å². The number of amides is 1. The van der Waals surface area contributed by atoms with E-state index in [1.165, 1.54) is 0 Å². The predicted molar refractivity (Wildman–Crippen MR) is 102 cm³/mol. The van der Waals surface area contributed by atoms with Crippen LogP contribution in [0.4, 0.5) is 0 Å². The molecule has 0 fully saturated rings. The second-order valence-electron chi connectivity index (χ2n) is 6.49. The average Bonchev–Trinajstić information content (AvgIpc) is 3.20. The summed E-state index contributed by atoms with van der Waals surface area (Å²) in [7, 11) is 0. The van der Waals surface area contributed by atoms with Gasteiger partial charge in [0, 0.05) is 0 Å². The van der Waals surface area contributed by atoms with E-state index in [0.29, 0.717) is 11.7 Å². The first kappa shape index (κ1) is 17.6. The largest absolute Gasteiger partial charge is 0.455 e. The smallest absolute Gasteiger partial charge is 0.287 e. The van der Waals surface area contributed by atoms with Gasteiger partial charge in [-0.25, -0.2) is 4.98 Å². The maximum Gasteiger partial charge on any atom is 0.287 e. The van der Waals surface area contributed by atoms with Crippen molar-refractivity contribution in [3.63, 3.8) is 0 Å². The molecule has 0 unspecified atom stereocenters. The number of hydrogen-bond donors (Lipinski definition) is 2. The molecule has 2 aromatic heterocycles. The minimum Gasteiger partial charge on any atom is -0.455 e. The number of hydrogen-bond acceptors (Lipinski definition) is 4. The lowest BCUT2D eigenvalue weighted by atomic mass is 10.0. The number of carbonyl (C=O) groups is 1. The molecule has 2 heterocycles. The maximum absolute atomic E-state index is 12.6. The van der Waals surface area contributed by atoms with Crippen molar-refractivity contribution in [2.24, 2.45) is 5.92 Å². The van der Waals surface area contributed by atoms with Gasteiger partial charge in [0.15, 0.2) is 5.76 Å². The Morgan fingerprint density at radius 1 is 1.28 bits per heavy atom. The molecule has 25 heavy (non-hydrogen) atoms. The third kappa shape index (κ3) is 4.25. The molecule has 2 N–H and O–H groups in total. The fourth-order valence-electron chi connectivity index (χ4n) is 2.80. The van der Waals surface area contributed by atoms with Crippen LogP contribution in [0.5, 0.6) is 0 Å². The Morgan fingerprint density at radius 2 is 2.08 bits per heavy atom. The Kier molecular flexibility index (Phi) is 5.48. The van der Waals surface area contributed by atoms with Gasteiger partial charge >= 0.3 is 0 Å². The normalized spacial score (nSPS) is 12.6. The number of furan rings is 1. The quantitative estimate of drug-likeness (QED) is 0.651. The number of nitrogens with one attached hydrogen (secondary N) is 2. The zero-order valence-corrected chi connectivity index (χ0v) is 15.5. The summed E-state index contributed by atoms with van der Waals surface area (Å²) in [5.74, 6) is 2.89. The van der Waals surface area contributed by atoms with Gasteiger partial charge in [0.1, 0.15) is 11.6 Å². The summed E-state index contributed by atoms with van der Waals surface area (Å²) in [6.45, 7) is 4.26. The van der Waals surface area contributed by atoms with E-state index in [-0.39, 0.29) is 11.9 Å². The topological polar surface area (TPSA) is 70.9 Å². The van der Waals surface area contributed by atoms with Crippen LogP contribution >= 0.6 is 11.8 Å². The molecule has 3 rings (SSSR count). The van der Waals surface area contributed by atoms with Crippen LogP contribution in [0.2, 0.25) is 0 Å². The summed E-state index contributed by atoms with van der Waals surface area (Å²) in [5.41, 5.74) is 1.88. The molecule has 0 bridgehead atoms. The molecule has 1 aromatic carbocycles. The molecule has 0 radical (unpaired) electrons. The van der Waals surface area contributed by atoms with Gasteiger partial charge in [-0.15, -0.1) is 0 Å². The molecular formula is C19H23N3O2S. The highest BCUT2D eigenvalue weighted by atomic mass is 32.2. The van der Waals surface area contributed by atoms with Gasteiger partial charge in [0.25, 0.3) is 5.91 Å².